The van der Waals surface area contributed by atoms with Gasteiger partial charge in [-0.3, -0.25) is 0 Å². The highest BCUT2D eigenvalue weighted by Crippen LogP contribution is 2.18. The summed E-state index contributed by atoms with van der Waals surface area (Å²) in [7, 11) is 0. The van der Waals surface area contributed by atoms with Gasteiger partial charge in [0.25, 0.3) is 0 Å². The molecule has 0 saturated carbocycles. The average Bonchev–Trinajstić information content (AvgIpc) is 2.58. The Balaban J connectivity index is 1.81. The topological polar surface area (TPSA) is 30.5 Å². The van der Waals surface area contributed by atoms with E-state index in [0.29, 0.717) is 5.92 Å². The van der Waals surface area contributed by atoms with E-state index in [-0.39, 0.29) is 0 Å². The van der Waals surface area contributed by atoms with Gasteiger partial charge in [0, 0.05) is 12.2 Å². The molecule has 0 amide bonds. The molecule has 0 atom stereocenters. The zero-order chi connectivity index (χ0) is 16.5. The normalized spacial score (nSPS) is 10.6. The third-order valence-electron chi connectivity index (χ3n) is 3.33. The summed E-state index contributed by atoms with van der Waals surface area (Å²) in [4.78, 5) is 0. The molecule has 0 fully saturated rings. The first-order valence-corrected chi connectivity index (χ1v) is 8.36. The van der Waals surface area contributed by atoms with Gasteiger partial charge < -0.3 is 14.8 Å². The number of ether oxygens (including phenoxy) is 2. The molecule has 0 aliphatic carbocycles. The summed E-state index contributed by atoms with van der Waals surface area (Å²) < 4.78 is 11.3. The lowest BCUT2D eigenvalue weighted by Gasteiger charge is -2.11. The first-order valence-electron chi connectivity index (χ1n) is 8.36. The molecule has 124 valence electrons. The minimum Gasteiger partial charge on any atom is -0.494 e. The van der Waals surface area contributed by atoms with Gasteiger partial charge in [-0.1, -0.05) is 32.9 Å². The summed E-state index contributed by atoms with van der Waals surface area (Å²) >= 11 is 0. The fourth-order valence-electron chi connectivity index (χ4n) is 2.06. The molecular formula is C20H27NO2. The van der Waals surface area contributed by atoms with E-state index in [9.17, 15) is 0 Å². The fourth-order valence-corrected chi connectivity index (χ4v) is 2.06. The third-order valence-corrected chi connectivity index (χ3v) is 3.33. The molecule has 2 rings (SSSR count). The van der Waals surface area contributed by atoms with Crippen LogP contribution >= 0.6 is 0 Å². The van der Waals surface area contributed by atoms with Crippen molar-refractivity contribution < 1.29 is 9.47 Å². The predicted molar refractivity (Wildman–Crippen MR) is 96.3 cm³/mol. The van der Waals surface area contributed by atoms with Crippen molar-refractivity contribution in [3.8, 4) is 11.5 Å². The highest BCUT2D eigenvalue weighted by molar-refractivity contribution is 5.47. The molecule has 0 aliphatic heterocycles. The molecule has 0 saturated heterocycles. The molecule has 0 radical (unpaired) electrons. The molecule has 2 aromatic rings. The van der Waals surface area contributed by atoms with E-state index >= 15 is 0 Å². The maximum Gasteiger partial charge on any atom is 0.119 e. The van der Waals surface area contributed by atoms with Gasteiger partial charge in [-0.25, -0.2) is 0 Å². The largest absolute Gasteiger partial charge is 0.494 e. The summed E-state index contributed by atoms with van der Waals surface area (Å²) in [5.74, 6) is 2.39. The Kier molecular flexibility index (Phi) is 6.79. The van der Waals surface area contributed by atoms with E-state index in [1.807, 2.05) is 36.4 Å². The quantitative estimate of drug-likeness (QED) is 0.697. The molecular weight excluding hydrogens is 286 g/mol. The molecule has 2 aromatic carbocycles. The second kappa shape index (κ2) is 9.09. The van der Waals surface area contributed by atoms with Gasteiger partial charge in [0.15, 0.2) is 0 Å². The number of benzene rings is 2. The maximum atomic E-state index is 5.70. The Morgan fingerprint density at radius 2 is 1.48 bits per heavy atom. The molecule has 3 heteroatoms. The van der Waals surface area contributed by atoms with Crippen LogP contribution < -0.4 is 14.8 Å². The summed E-state index contributed by atoms with van der Waals surface area (Å²) in [5.41, 5.74) is 2.32. The van der Waals surface area contributed by atoms with Crippen molar-refractivity contribution in [1.29, 1.82) is 0 Å². The first kappa shape index (κ1) is 17.2. The number of hydrogen-bond donors (Lipinski definition) is 1. The lowest BCUT2D eigenvalue weighted by molar-refractivity contribution is 0.271. The second-order valence-electron chi connectivity index (χ2n) is 6.08. The monoisotopic (exact) mass is 313 g/mol. The lowest BCUT2D eigenvalue weighted by atomic mass is 10.2. The summed E-state index contributed by atoms with van der Waals surface area (Å²) in [6.07, 6.45) is 1.02. The van der Waals surface area contributed by atoms with Crippen LogP contribution in [0.1, 0.15) is 32.8 Å². The Morgan fingerprint density at radius 3 is 2.09 bits per heavy atom. The minimum atomic E-state index is 0.542. The van der Waals surface area contributed by atoms with Crippen LogP contribution in [0.3, 0.4) is 0 Å². The predicted octanol–water partition coefficient (Wildman–Crippen LogP) is 5.12. The van der Waals surface area contributed by atoms with Crippen molar-refractivity contribution >= 4 is 5.69 Å². The van der Waals surface area contributed by atoms with Crippen LogP contribution in [0, 0.1) is 5.92 Å². The second-order valence-corrected chi connectivity index (χ2v) is 6.08. The van der Waals surface area contributed by atoms with Crippen molar-refractivity contribution in [1.82, 2.24) is 0 Å². The van der Waals surface area contributed by atoms with E-state index in [0.717, 1.165) is 43.4 Å². The molecule has 3 nitrogen and oxygen atoms in total. The minimum absolute atomic E-state index is 0.542. The van der Waals surface area contributed by atoms with Crippen LogP contribution in [0.5, 0.6) is 11.5 Å². The average molecular weight is 313 g/mol. The lowest BCUT2D eigenvalue weighted by Crippen LogP contribution is -2.04. The van der Waals surface area contributed by atoms with Crippen LogP contribution in [0.25, 0.3) is 0 Å². The van der Waals surface area contributed by atoms with Gasteiger partial charge in [0.1, 0.15) is 11.5 Å². The van der Waals surface area contributed by atoms with Gasteiger partial charge in [-0.15, -0.1) is 0 Å². The third kappa shape index (κ3) is 6.23. The van der Waals surface area contributed by atoms with Crippen molar-refractivity contribution in [3.63, 3.8) is 0 Å². The van der Waals surface area contributed by atoms with E-state index < -0.39 is 0 Å². The van der Waals surface area contributed by atoms with Crippen molar-refractivity contribution in [2.75, 3.05) is 18.5 Å². The van der Waals surface area contributed by atoms with Crippen LogP contribution in [0.4, 0.5) is 5.69 Å². The highest BCUT2D eigenvalue weighted by Gasteiger charge is 1.99. The SMILES string of the molecule is CCCOc1ccc(NCc2ccc(OCC(C)C)cc2)cc1. The summed E-state index contributed by atoms with van der Waals surface area (Å²) in [6.45, 7) is 8.71. The summed E-state index contributed by atoms with van der Waals surface area (Å²) in [6, 6.07) is 16.4. The van der Waals surface area contributed by atoms with E-state index in [1.54, 1.807) is 0 Å². The molecule has 0 aliphatic rings. The fraction of sp³-hybridized carbons (Fsp3) is 0.400. The first-order chi connectivity index (χ1) is 11.2. The van der Waals surface area contributed by atoms with E-state index in [2.05, 4.69) is 38.2 Å². The highest BCUT2D eigenvalue weighted by atomic mass is 16.5. The number of anilines is 1. The van der Waals surface area contributed by atoms with Crippen molar-refractivity contribution in [3.05, 3.63) is 54.1 Å². The van der Waals surface area contributed by atoms with Crippen LogP contribution in [0.2, 0.25) is 0 Å². The molecule has 0 spiro atoms. The van der Waals surface area contributed by atoms with Crippen LogP contribution in [-0.4, -0.2) is 13.2 Å². The Hall–Kier alpha value is -2.16. The molecule has 0 heterocycles. The van der Waals surface area contributed by atoms with Crippen molar-refractivity contribution in [2.45, 2.75) is 33.7 Å². The van der Waals surface area contributed by atoms with Gasteiger partial charge in [0.05, 0.1) is 13.2 Å². The van der Waals surface area contributed by atoms with Gasteiger partial charge in [-0.05, 0) is 54.3 Å². The number of nitrogens with one attached hydrogen (secondary N) is 1. The zero-order valence-corrected chi connectivity index (χ0v) is 14.3. The van der Waals surface area contributed by atoms with Crippen molar-refractivity contribution in [2.24, 2.45) is 5.92 Å². The Labute approximate surface area is 139 Å². The maximum absolute atomic E-state index is 5.70. The Morgan fingerprint density at radius 1 is 0.870 bits per heavy atom. The van der Waals surface area contributed by atoms with Gasteiger partial charge >= 0.3 is 0 Å². The molecule has 0 aromatic heterocycles. The zero-order valence-electron chi connectivity index (χ0n) is 14.3. The molecule has 0 unspecified atom stereocenters. The van der Waals surface area contributed by atoms with Gasteiger partial charge in [-0.2, -0.15) is 0 Å². The molecule has 0 bridgehead atoms. The van der Waals surface area contributed by atoms with Crippen LogP contribution in [-0.2, 0) is 6.54 Å². The molecule has 23 heavy (non-hydrogen) atoms. The summed E-state index contributed by atoms with van der Waals surface area (Å²) in [5, 5.41) is 3.42. The van der Waals surface area contributed by atoms with Gasteiger partial charge in [0.2, 0.25) is 0 Å². The number of hydrogen-bond acceptors (Lipinski definition) is 3. The van der Waals surface area contributed by atoms with E-state index in [1.165, 1.54) is 5.56 Å². The van der Waals surface area contributed by atoms with E-state index in [4.69, 9.17) is 9.47 Å². The Bertz CT molecular complexity index is 561. The smallest absolute Gasteiger partial charge is 0.119 e. The molecule has 1 N–H and O–H groups in total. The van der Waals surface area contributed by atoms with Crippen LogP contribution in [0.15, 0.2) is 48.5 Å². The number of rotatable bonds is 9. The standard InChI is InChI=1S/C20H27NO2/c1-4-13-22-19-11-7-18(8-12-19)21-14-17-5-9-20(10-6-17)23-15-16(2)3/h5-12,16,21H,4,13-15H2,1-3H3.